The molecule has 8 aliphatic rings. The van der Waals surface area contributed by atoms with Crippen LogP contribution in [0, 0.1) is 60.2 Å². The van der Waals surface area contributed by atoms with E-state index in [2.05, 4.69) is 10.3 Å². The lowest BCUT2D eigenvalue weighted by molar-refractivity contribution is -0.149. The highest BCUT2D eigenvalue weighted by atomic mass is 35.5. The summed E-state index contributed by atoms with van der Waals surface area (Å²) in [5.74, 6) is 4.85. The van der Waals surface area contributed by atoms with Crippen LogP contribution in [0.15, 0.2) is 6.07 Å². The van der Waals surface area contributed by atoms with E-state index in [4.69, 9.17) is 4.74 Å². The molecule has 7 heteroatoms. The zero-order valence-electron chi connectivity index (χ0n) is 20.2. The monoisotopic (exact) mass is 488 g/mol. The lowest BCUT2D eigenvalue weighted by atomic mass is 9.69. The Hall–Kier alpha value is -1.66. The summed E-state index contributed by atoms with van der Waals surface area (Å²) in [7, 11) is 0. The van der Waals surface area contributed by atoms with E-state index in [1.54, 1.807) is 0 Å². The number of esters is 1. The van der Waals surface area contributed by atoms with Crippen molar-refractivity contribution >= 4 is 30.0 Å². The number of ether oxygens (including phenoxy) is 1. The molecule has 6 nitrogen and oxygen atoms in total. The molecule has 1 heterocycles. The first-order chi connectivity index (χ1) is 15.3. The van der Waals surface area contributed by atoms with E-state index in [0.717, 1.165) is 62.0 Å². The molecular weight excluding hydrogens is 452 g/mol. The first-order valence-electron chi connectivity index (χ1n) is 12.8. The van der Waals surface area contributed by atoms with Crippen LogP contribution in [0.4, 0.5) is 5.69 Å². The van der Waals surface area contributed by atoms with Crippen LogP contribution in [0.2, 0.25) is 0 Å². The van der Waals surface area contributed by atoms with Crippen LogP contribution >= 0.6 is 12.4 Å². The van der Waals surface area contributed by atoms with Crippen molar-refractivity contribution in [2.24, 2.45) is 46.3 Å². The molecule has 8 bridgehead atoms. The van der Waals surface area contributed by atoms with Crippen LogP contribution in [-0.2, 0) is 9.59 Å². The predicted molar refractivity (Wildman–Crippen MR) is 131 cm³/mol. The number of carbonyl (C=O) groups is 2. The molecule has 34 heavy (non-hydrogen) atoms. The van der Waals surface area contributed by atoms with Gasteiger partial charge >= 0.3 is 5.97 Å². The van der Waals surface area contributed by atoms with Crippen LogP contribution in [0.5, 0.6) is 5.75 Å². The van der Waals surface area contributed by atoms with E-state index in [1.165, 1.54) is 25.7 Å². The zero-order valence-corrected chi connectivity index (χ0v) is 21.0. The van der Waals surface area contributed by atoms with Crippen molar-refractivity contribution in [3.05, 3.63) is 17.5 Å². The molecule has 4 atom stereocenters. The number of pyridine rings is 1. The Bertz CT molecular complexity index is 1000. The Kier molecular flexibility index (Phi) is 5.61. The van der Waals surface area contributed by atoms with Crippen LogP contribution in [0.1, 0.15) is 75.6 Å². The topological polar surface area (TPSA) is 99.8 Å². The molecule has 8 fully saturated rings. The maximum absolute atomic E-state index is 13.6. The molecular formula is C27H37ClN2O4. The highest BCUT2D eigenvalue weighted by Crippen LogP contribution is 2.65. The number of aromatic nitrogens is 1. The highest BCUT2D eigenvalue weighted by Gasteiger charge is 2.61. The normalized spacial score (nSPS) is 41.8. The summed E-state index contributed by atoms with van der Waals surface area (Å²) < 4.78 is 6.14. The van der Waals surface area contributed by atoms with Gasteiger partial charge in [-0.25, -0.2) is 0 Å². The zero-order chi connectivity index (χ0) is 21.8. The SMILES string of the molecule is Cc1cc(NC(=O)C23CC4CC(C2)C(C4)C3)c(OC(=O)C23CC4CC(C2)C(C4)C3)c(C)n1.Cl.O. The number of nitrogens with zero attached hydrogens (tertiary/aromatic N) is 1. The third-order valence-corrected chi connectivity index (χ3v) is 10.5. The van der Waals surface area contributed by atoms with Crippen molar-refractivity contribution < 1.29 is 19.8 Å². The van der Waals surface area contributed by atoms with Gasteiger partial charge in [-0.1, -0.05) is 0 Å². The summed E-state index contributed by atoms with van der Waals surface area (Å²) in [4.78, 5) is 31.7. The van der Waals surface area contributed by atoms with E-state index in [0.29, 0.717) is 34.9 Å². The fraction of sp³-hybridized carbons (Fsp3) is 0.741. The van der Waals surface area contributed by atoms with Crippen molar-refractivity contribution in [3.63, 3.8) is 0 Å². The van der Waals surface area contributed by atoms with E-state index >= 15 is 0 Å². The predicted octanol–water partition coefficient (Wildman–Crippen LogP) is 4.79. The number of anilines is 1. The van der Waals surface area contributed by atoms with Gasteiger partial charge < -0.3 is 15.5 Å². The molecule has 4 unspecified atom stereocenters. The minimum absolute atomic E-state index is 0. The number of aryl methyl sites for hydroxylation is 2. The average molecular weight is 489 g/mol. The van der Waals surface area contributed by atoms with Crippen molar-refractivity contribution in [3.8, 4) is 5.75 Å². The number of amides is 1. The summed E-state index contributed by atoms with van der Waals surface area (Å²) in [5.41, 5.74) is 1.64. The van der Waals surface area contributed by atoms with Gasteiger partial charge in [0.15, 0.2) is 5.75 Å². The molecule has 0 aliphatic heterocycles. The fourth-order valence-electron chi connectivity index (χ4n) is 9.64. The Morgan fingerprint density at radius 3 is 1.91 bits per heavy atom. The van der Waals surface area contributed by atoms with Gasteiger partial charge in [0.25, 0.3) is 0 Å². The lowest BCUT2D eigenvalue weighted by Gasteiger charge is -2.37. The second kappa shape index (κ2) is 7.92. The Labute approximate surface area is 207 Å². The summed E-state index contributed by atoms with van der Waals surface area (Å²) in [6, 6.07) is 1.88. The first kappa shape index (κ1) is 24.1. The van der Waals surface area contributed by atoms with Gasteiger partial charge in [0.2, 0.25) is 5.91 Å². The maximum Gasteiger partial charge on any atom is 0.317 e. The van der Waals surface area contributed by atoms with E-state index in [1.807, 2.05) is 19.9 Å². The van der Waals surface area contributed by atoms with Crippen LogP contribution < -0.4 is 10.1 Å². The molecule has 1 aromatic heterocycles. The maximum atomic E-state index is 13.6. The van der Waals surface area contributed by atoms with E-state index in [9.17, 15) is 9.59 Å². The Morgan fingerprint density at radius 2 is 1.38 bits per heavy atom. The molecule has 0 saturated heterocycles. The molecule has 9 rings (SSSR count). The minimum atomic E-state index is -0.308. The molecule has 8 aliphatic carbocycles. The van der Waals surface area contributed by atoms with E-state index in [-0.39, 0.29) is 40.6 Å². The van der Waals surface area contributed by atoms with Gasteiger partial charge in [-0.05, 0) is 120 Å². The number of nitrogens with one attached hydrogen (secondary N) is 1. The van der Waals surface area contributed by atoms with Crippen molar-refractivity contribution in [1.82, 2.24) is 4.98 Å². The minimum Gasteiger partial charge on any atom is -0.422 e. The Morgan fingerprint density at radius 1 is 0.882 bits per heavy atom. The molecule has 186 valence electrons. The molecule has 0 radical (unpaired) electrons. The van der Waals surface area contributed by atoms with Crippen LogP contribution in [0.3, 0.4) is 0 Å². The van der Waals surface area contributed by atoms with Crippen molar-refractivity contribution in [2.75, 3.05) is 5.32 Å². The smallest absolute Gasteiger partial charge is 0.317 e. The summed E-state index contributed by atoms with van der Waals surface area (Å²) in [6.07, 6.45) is 11.3. The molecule has 1 aromatic rings. The number of rotatable bonds is 4. The largest absolute Gasteiger partial charge is 0.422 e. The molecule has 3 N–H and O–H groups in total. The third-order valence-electron chi connectivity index (χ3n) is 10.5. The number of halogens is 1. The number of hydrogen-bond donors (Lipinski definition) is 1. The molecule has 0 aromatic carbocycles. The second-order valence-corrected chi connectivity index (χ2v) is 12.6. The highest BCUT2D eigenvalue weighted by molar-refractivity contribution is 5.98. The van der Waals surface area contributed by atoms with Gasteiger partial charge in [-0.2, -0.15) is 0 Å². The van der Waals surface area contributed by atoms with Crippen molar-refractivity contribution in [1.29, 1.82) is 0 Å². The van der Waals surface area contributed by atoms with Gasteiger partial charge in [0, 0.05) is 5.69 Å². The molecule has 1 amide bonds. The lowest BCUT2D eigenvalue weighted by Crippen LogP contribution is -2.40. The summed E-state index contributed by atoms with van der Waals surface area (Å²) in [5, 5.41) is 3.23. The van der Waals surface area contributed by atoms with Gasteiger partial charge in [-0.15, -0.1) is 12.4 Å². The number of carbonyl (C=O) groups excluding carboxylic acids is 2. The standard InChI is InChI=1S/C27H34N2O3.ClH.H2O/c1-14-3-22(29-24(30)26-8-16-4-18(10-26)19(5-16)11-26)23(15(2)28-14)32-25(31)27-9-17-6-20(12-27)21(7-17)13-27;;/h3,16-21H,4-13H2,1-2H3,(H,28,29,30);1H;1H2. The van der Waals surface area contributed by atoms with Crippen molar-refractivity contribution in [2.45, 2.75) is 78.1 Å². The van der Waals surface area contributed by atoms with Gasteiger partial charge in [0.05, 0.1) is 22.2 Å². The summed E-state index contributed by atoms with van der Waals surface area (Å²) in [6.45, 7) is 3.82. The average Bonchev–Trinajstić information content (AvgIpc) is 3.35. The molecule has 0 spiro atoms. The van der Waals surface area contributed by atoms with Gasteiger partial charge in [0.1, 0.15) is 0 Å². The molecule has 8 saturated carbocycles. The number of hydrogen-bond acceptors (Lipinski definition) is 4. The van der Waals surface area contributed by atoms with Gasteiger partial charge in [-0.3, -0.25) is 14.6 Å². The van der Waals surface area contributed by atoms with Crippen LogP contribution in [-0.4, -0.2) is 22.3 Å². The first-order valence-corrected chi connectivity index (χ1v) is 12.8. The Balaban J connectivity index is 0.00000120. The van der Waals surface area contributed by atoms with Crippen LogP contribution in [0.25, 0.3) is 0 Å². The second-order valence-electron chi connectivity index (χ2n) is 12.6. The van der Waals surface area contributed by atoms with E-state index < -0.39 is 0 Å². The fourth-order valence-corrected chi connectivity index (χ4v) is 9.64. The third kappa shape index (κ3) is 3.35. The summed E-state index contributed by atoms with van der Waals surface area (Å²) >= 11 is 0. The quantitative estimate of drug-likeness (QED) is 0.615.